The highest BCUT2D eigenvalue weighted by molar-refractivity contribution is 5.83. The van der Waals surface area contributed by atoms with Gasteiger partial charge in [-0.15, -0.1) is 0 Å². The molecule has 2 N–H and O–H groups in total. The van der Waals surface area contributed by atoms with Crippen LogP contribution >= 0.6 is 0 Å². The Balaban J connectivity index is 1.57. The van der Waals surface area contributed by atoms with Gasteiger partial charge in [-0.05, 0) is 43.5 Å². The van der Waals surface area contributed by atoms with Crippen LogP contribution in [0.15, 0.2) is 53.6 Å². The van der Waals surface area contributed by atoms with Crippen LogP contribution in [0, 0.1) is 10.1 Å². The molecule has 33 heavy (non-hydrogen) atoms. The molecule has 0 spiro atoms. The second-order valence-corrected chi connectivity index (χ2v) is 7.37. The Hall–Kier alpha value is -4.28. The van der Waals surface area contributed by atoms with Crippen LogP contribution < -0.4 is 20.4 Å². The predicted molar refractivity (Wildman–Crippen MR) is 126 cm³/mol. The Kier molecular flexibility index (Phi) is 6.88. The number of hydrogen-bond donors (Lipinski definition) is 2. The Morgan fingerprint density at radius 2 is 1.76 bits per heavy atom. The number of anilines is 4. The maximum atomic E-state index is 10.9. The Morgan fingerprint density at radius 3 is 2.48 bits per heavy atom. The van der Waals surface area contributed by atoms with Gasteiger partial charge in [-0.25, -0.2) is 5.43 Å². The number of aromatic nitrogens is 3. The molecule has 0 atom stereocenters. The number of non-ortho nitro benzene ring substituents is 1. The van der Waals surface area contributed by atoms with Crippen molar-refractivity contribution in [2.45, 2.75) is 19.3 Å². The SMILES string of the molecule is COc1ccccc1C=NNc1nc(Nc2ccc([N+](=O)[O-])cc2)nc(N2CCCCC2)n1. The van der Waals surface area contributed by atoms with Crippen LogP contribution in [0.25, 0.3) is 0 Å². The Morgan fingerprint density at radius 1 is 1.03 bits per heavy atom. The summed E-state index contributed by atoms with van der Waals surface area (Å²) >= 11 is 0. The van der Waals surface area contributed by atoms with Crippen molar-refractivity contribution in [1.82, 2.24) is 15.0 Å². The quantitative estimate of drug-likeness (QED) is 0.298. The first-order chi connectivity index (χ1) is 16.1. The highest BCUT2D eigenvalue weighted by Crippen LogP contribution is 2.22. The van der Waals surface area contributed by atoms with Crippen molar-refractivity contribution >= 4 is 35.4 Å². The van der Waals surface area contributed by atoms with E-state index in [0.29, 0.717) is 23.3 Å². The number of rotatable bonds is 8. The molecule has 11 heteroatoms. The van der Waals surface area contributed by atoms with Gasteiger partial charge < -0.3 is 15.0 Å². The standard InChI is InChI=1S/C22H24N8O3/c1-33-19-8-4-3-7-16(19)15-23-28-21-25-20(24-17-9-11-18(12-10-17)30(31)32)26-22(27-21)29-13-5-2-6-14-29/h3-4,7-12,15H,2,5-6,13-14H2,1H3,(H2,24,25,26,27,28). The lowest BCUT2D eigenvalue weighted by atomic mass is 10.1. The Bertz CT molecular complexity index is 1130. The molecule has 0 saturated carbocycles. The maximum Gasteiger partial charge on any atom is 0.269 e. The summed E-state index contributed by atoms with van der Waals surface area (Å²) in [5, 5.41) is 18.2. The number of piperidine rings is 1. The number of hydrazone groups is 1. The number of benzene rings is 2. The molecule has 1 aliphatic rings. The third kappa shape index (κ3) is 5.70. The molecule has 0 unspecified atom stereocenters. The van der Waals surface area contributed by atoms with Gasteiger partial charge in [-0.3, -0.25) is 10.1 Å². The van der Waals surface area contributed by atoms with Gasteiger partial charge in [-0.2, -0.15) is 20.1 Å². The van der Waals surface area contributed by atoms with E-state index in [2.05, 4.69) is 35.7 Å². The summed E-state index contributed by atoms with van der Waals surface area (Å²) < 4.78 is 5.34. The predicted octanol–water partition coefficient (Wildman–Crippen LogP) is 3.97. The fraction of sp³-hybridized carbons (Fsp3) is 0.273. The molecule has 1 fully saturated rings. The zero-order valence-electron chi connectivity index (χ0n) is 18.1. The zero-order chi connectivity index (χ0) is 23.0. The van der Waals surface area contributed by atoms with E-state index in [9.17, 15) is 10.1 Å². The molecule has 0 bridgehead atoms. The zero-order valence-corrected chi connectivity index (χ0v) is 18.1. The van der Waals surface area contributed by atoms with Gasteiger partial charge in [0.15, 0.2) is 0 Å². The molecule has 0 amide bonds. The number of hydrogen-bond acceptors (Lipinski definition) is 10. The molecule has 1 aromatic heterocycles. The molecule has 0 aliphatic carbocycles. The van der Waals surface area contributed by atoms with E-state index in [1.807, 2.05) is 24.3 Å². The number of methoxy groups -OCH3 is 1. The summed E-state index contributed by atoms with van der Waals surface area (Å²) in [5.74, 6) is 1.84. The maximum absolute atomic E-state index is 10.9. The number of para-hydroxylation sites is 1. The van der Waals surface area contributed by atoms with E-state index in [-0.39, 0.29) is 11.6 Å². The first-order valence-electron chi connectivity index (χ1n) is 10.6. The number of nitrogens with one attached hydrogen (secondary N) is 2. The summed E-state index contributed by atoms with van der Waals surface area (Å²) in [6.45, 7) is 1.73. The van der Waals surface area contributed by atoms with Gasteiger partial charge in [0.25, 0.3) is 5.69 Å². The van der Waals surface area contributed by atoms with Gasteiger partial charge in [0.1, 0.15) is 5.75 Å². The van der Waals surface area contributed by atoms with E-state index < -0.39 is 4.92 Å². The van der Waals surface area contributed by atoms with Gasteiger partial charge in [-0.1, -0.05) is 12.1 Å². The molecular weight excluding hydrogens is 424 g/mol. The fourth-order valence-corrected chi connectivity index (χ4v) is 3.43. The van der Waals surface area contributed by atoms with Gasteiger partial charge >= 0.3 is 0 Å². The molecule has 2 aromatic carbocycles. The molecule has 0 radical (unpaired) electrons. The van der Waals surface area contributed by atoms with Gasteiger partial charge in [0.05, 0.1) is 18.2 Å². The van der Waals surface area contributed by atoms with E-state index in [0.717, 1.165) is 31.5 Å². The molecule has 3 aromatic rings. The molecule has 170 valence electrons. The van der Waals surface area contributed by atoms with Crippen LogP contribution in [-0.4, -0.2) is 46.3 Å². The third-order valence-corrected chi connectivity index (χ3v) is 5.10. The number of nitro benzene ring substituents is 1. The lowest BCUT2D eigenvalue weighted by Gasteiger charge is -2.26. The molecule has 1 aliphatic heterocycles. The van der Waals surface area contributed by atoms with Crippen LogP contribution in [0.1, 0.15) is 24.8 Å². The van der Waals surface area contributed by atoms with Gasteiger partial charge in [0, 0.05) is 36.5 Å². The molecule has 11 nitrogen and oxygen atoms in total. The van der Waals surface area contributed by atoms with Crippen LogP contribution in [0.4, 0.5) is 29.2 Å². The minimum absolute atomic E-state index is 0.0123. The second kappa shape index (κ2) is 10.4. The largest absolute Gasteiger partial charge is 0.496 e. The van der Waals surface area contributed by atoms with E-state index in [1.54, 1.807) is 25.5 Å². The van der Waals surface area contributed by atoms with Crippen molar-refractivity contribution in [2.24, 2.45) is 5.10 Å². The average molecular weight is 448 g/mol. The third-order valence-electron chi connectivity index (χ3n) is 5.10. The van der Waals surface area contributed by atoms with Crippen molar-refractivity contribution in [3.8, 4) is 5.75 Å². The number of nitro groups is 1. The van der Waals surface area contributed by atoms with Gasteiger partial charge in [0.2, 0.25) is 17.8 Å². The normalized spacial score (nSPS) is 13.7. The summed E-state index contributed by atoms with van der Waals surface area (Å²) in [5.41, 5.74) is 4.31. The minimum atomic E-state index is -0.442. The van der Waals surface area contributed by atoms with Crippen molar-refractivity contribution in [1.29, 1.82) is 0 Å². The highest BCUT2D eigenvalue weighted by Gasteiger charge is 2.16. The summed E-state index contributed by atoms with van der Waals surface area (Å²) in [7, 11) is 1.60. The number of nitrogens with zero attached hydrogens (tertiary/aromatic N) is 6. The van der Waals surface area contributed by atoms with E-state index in [4.69, 9.17) is 4.74 Å². The first-order valence-corrected chi connectivity index (χ1v) is 10.6. The smallest absolute Gasteiger partial charge is 0.269 e. The fourth-order valence-electron chi connectivity index (χ4n) is 3.43. The molecule has 4 rings (SSSR count). The summed E-state index contributed by atoms with van der Waals surface area (Å²) in [6, 6.07) is 13.6. The van der Waals surface area contributed by atoms with Crippen molar-refractivity contribution < 1.29 is 9.66 Å². The topological polar surface area (TPSA) is 131 Å². The van der Waals surface area contributed by atoms with Crippen molar-refractivity contribution in [3.63, 3.8) is 0 Å². The van der Waals surface area contributed by atoms with Crippen molar-refractivity contribution in [2.75, 3.05) is 35.8 Å². The van der Waals surface area contributed by atoms with Crippen LogP contribution in [0.2, 0.25) is 0 Å². The van der Waals surface area contributed by atoms with E-state index in [1.165, 1.54) is 18.6 Å². The molecule has 2 heterocycles. The van der Waals surface area contributed by atoms with Crippen LogP contribution in [-0.2, 0) is 0 Å². The lowest BCUT2D eigenvalue weighted by molar-refractivity contribution is -0.384. The van der Waals surface area contributed by atoms with E-state index >= 15 is 0 Å². The monoisotopic (exact) mass is 448 g/mol. The average Bonchev–Trinajstić information content (AvgIpc) is 2.85. The van der Waals surface area contributed by atoms with Crippen LogP contribution in [0.5, 0.6) is 5.75 Å². The second-order valence-electron chi connectivity index (χ2n) is 7.37. The highest BCUT2D eigenvalue weighted by atomic mass is 16.6. The van der Waals surface area contributed by atoms with Crippen LogP contribution in [0.3, 0.4) is 0 Å². The molecule has 1 saturated heterocycles. The molecular formula is C22H24N8O3. The summed E-state index contributed by atoms with van der Waals surface area (Å²) in [6.07, 6.45) is 4.97. The number of ether oxygens (including phenoxy) is 1. The lowest BCUT2D eigenvalue weighted by Crippen LogP contribution is -2.31. The van der Waals surface area contributed by atoms with Crippen molar-refractivity contribution in [3.05, 3.63) is 64.2 Å². The summed E-state index contributed by atoms with van der Waals surface area (Å²) in [4.78, 5) is 26.0. The minimum Gasteiger partial charge on any atom is -0.496 e. The Labute approximate surface area is 190 Å². The first kappa shape index (κ1) is 21.9.